The molecule has 4 atom stereocenters. The molecule has 0 saturated carbocycles. The normalized spacial score (nSPS) is 25.0. The summed E-state index contributed by atoms with van der Waals surface area (Å²) in [6.45, 7) is 1.97. The van der Waals surface area contributed by atoms with Crippen LogP contribution in [0.4, 0.5) is 27.8 Å². The van der Waals surface area contributed by atoms with Crippen molar-refractivity contribution < 1.29 is 41.0 Å². The number of rotatable bonds is 5. The minimum atomic E-state index is -4.89. The average molecular weight is 473 g/mol. The third kappa shape index (κ3) is 4.22. The third-order valence-corrected chi connectivity index (χ3v) is 5.82. The quantitative estimate of drug-likeness (QED) is 0.647. The number of carbonyl (C=O) groups is 2. The minimum absolute atomic E-state index is 0.163. The van der Waals surface area contributed by atoms with Crippen molar-refractivity contribution in [3.8, 4) is 5.75 Å². The number of hydrogen-bond donors (Lipinski definition) is 2. The lowest BCUT2D eigenvalue weighted by molar-refractivity contribution is -0.272. The first-order valence-corrected chi connectivity index (χ1v) is 9.66. The van der Waals surface area contributed by atoms with Crippen LogP contribution >= 0.6 is 0 Å². The van der Waals surface area contributed by atoms with E-state index in [0.717, 1.165) is 26.2 Å². The van der Waals surface area contributed by atoms with E-state index in [9.17, 15) is 31.5 Å². The number of ether oxygens (including phenoxy) is 2. The molecule has 1 aliphatic rings. The molecule has 2 amide bonds. The zero-order valence-electron chi connectivity index (χ0n) is 17.7. The summed E-state index contributed by atoms with van der Waals surface area (Å²) in [5.74, 6) is -8.17. The summed E-state index contributed by atoms with van der Waals surface area (Å²) in [6.07, 6.45) is -6.68. The molecular weight excluding hydrogens is 453 g/mol. The zero-order chi connectivity index (χ0) is 24.7. The van der Waals surface area contributed by atoms with Crippen LogP contribution in [0, 0.1) is 17.6 Å². The van der Waals surface area contributed by atoms with Crippen molar-refractivity contribution in [3.63, 3.8) is 0 Å². The standard InChI is InChI=1S/C21H20F5N3O4/c1-9-14(10-7-8-11(22)15(23)16(10)32-3)17(33-20(9,2)21(24,25)26)19(31)29-13-6-4-5-12(28-13)18(27)30/h4-9,14,17H,1-3H3,(H2,27,30)(H,28,29,31)/t9-,14-,17-,20-/m0/s1. The highest BCUT2D eigenvalue weighted by Gasteiger charge is 2.65. The lowest BCUT2D eigenvalue weighted by Gasteiger charge is -2.32. The van der Waals surface area contributed by atoms with Gasteiger partial charge in [0.05, 0.1) is 7.11 Å². The van der Waals surface area contributed by atoms with Gasteiger partial charge in [0.25, 0.3) is 11.8 Å². The Balaban J connectivity index is 2.07. The van der Waals surface area contributed by atoms with E-state index in [0.29, 0.717) is 0 Å². The molecule has 178 valence electrons. The fraction of sp³-hybridized carbons (Fsp3) is 0.381. The monoisotopic (exact) mass is 473 g/mol. The van der Waals surface area contributed by atoms with Crippen molar-refractivity contribution >= 4 is 17.6 Å². The van der Waals surface area contributed by atoms with Crippen LogP contribution in [0.25, 0.3) is 0 Å². The van der Waals surface area contributed by atoms with Gasteiger partial charge in [-0.3, -0.25) is 9.59 Å². The molecule has 3 N–H and O–H groups in total. The molecule has 1 aromatic heterocycles. The van der Waals surface area contributed by atoms with E-state index >= 15 is 0 Å². The summed E-state index contributed by atoms with van der Waals surface area (Å²) in [5, 5.41) is 2.29. The maximum absolute atomic E-state index is 14.3. The van der Waals surface area contributed by atoms with Gasteiger partial charge in [0.1, 0.15) is 17.6 Å². The topological polar surface area (TPSA) is 104 Å². The summed E-state index contributed by atoms with van der Waals surface area (Å²) in [7, 11) is 1.03. The fourth-order valence-electron chi connectivity index (χ4n) is 3.88. The first-order valence-electron chi connectivity index (χ1n) is 9.66. The molecular formula is C21H20F5N3O4. The summed E-state index contributed by atoms with van der Waals surface area (Å²) in [4.78, 5) is 28.2. The van der Waals surface area contributed by atoms with Crippen molar-refractivity contribution in [3.05, 3.63) is 53.2 Å². The number of carbonyl (C=O) groups excluding carboxylic acids is 2. The number of benzene rings is 1. The number of halogens is 5. The average Bonchev–Trinajstić information content (AvgIpc) is 3.02. The molecule has 1 aliphatic heterocycles. The van der Waals surface area contributed by atoms with Crippen LogP contribution < -0.4 is 15.8 Å². The molecule has 3 rings (SSSR count). The first-order chi connectivity index (χ1) is 15.3. The predicted octanol–water partition coefficient (Wildman–Crippen LogP) is 3.55. The lowest BCUT2D eigenvalue weighted by atomic mass is 9.77. The Morgan fingerprint density at radius 1 is 1.21 bits per heavy atom. The molecule has 0 bridgehead atoms. The maximum atomic E-state index is 14.3. The van der Waals surface area contributed by atoms with Crippen molar-refractivity contribution in [2.75, 3.05) is 12.4 Å². The molecule has 0 unspecified atom stereocenters. The largest absolute Gasteiger partial charge is 0.493 e. The molecule has 2 heterocycles. The van der Waals surface area contributed by atoms with E-state index < -0.39 is 58.9 Å². The van der Waals surface area contributed by atoms with Gasteiger partial charge in [-0.05, 0) is 25.1 Å². The Morgan fingerprint density at radius 2 is 1.88 bits per heavy atom. The molecule has 0 spiro atoms. The lowest BCUT2D eigenvalue weighted by Crippen LogP contribution is -2.47. The van der Waals surface area contributed by atoms with Gasteiger partial charge < -0.3 is 20.5 Å². The Morgan fingerprint density at radius 3 is 2.45 bits per heavy atom. The van der Waals surface area contributed by atoms with Crippen molar-refractivity contribution in [2.24, 2.45) is 11.7 Å². The summed E-state index contributed by atoms with van der Waals surface area (Å²) >= 11 is 0. The first kappa shape index (κ1) is 24.4. The molecule has 0 aliphatic carbocycles. The van der Waals surface area contributed by atoms with Gasteiger partial charge in [0.2, 0.25) is 5.82 Å². The Bertz CT molecular complexity index is 1090. The van der Waals surface area contributed by atoms with Gasteiger partial charge in [-0.15, -0.1) is 0 Å². The molecule has 1 saturated heterocycles. The number of hydrogen-bond acceptors (Lipinski definition) is 5. The van der Waals surface area contributed by atoms with Crippen LogP contribution in [0.1, 0.15) is 35.8 Å². The van der Waals surface area contributed by atoms with Gasteiger partial charge in [0, 0.05) is 17.4 Å². The number of methoxy groups -OCH3 is 1. The van der Waals surface area contributed by atoms with Gasteiger partial charge in [0.15, 0.2) is 17.2 Å². The molecule has 33 heavy (non-hydrogen) atoms. The second kappa shape index (κ2) is 8.58. The van der Waals surface area contributed by atoms with E-state index in [1.165, 1.54) is 25.1 Å². The SMILES string of the molecule is COc1c([C@H]2[C@@H](C(=O)Nc3cccc(C(N)=O)n3)O[C@](C)(C(F)(F)F)[C@H]2C)ccc(F)c1F. The highest BCUT2D eigenvalue weighted by molar-refractivity contribution is 5.96. The molecule has 2 aromatic rings. The number of aromatic nitrogens is 1. The highest BCUT2D eigenvalue weighted by atomic mass is 19.4. The Kier molecular flexibility index (Phi) is 6.33. The smallest absolute Gasteiger partial charge is 0.417 e. The van der Waals surface area contributed by atoms with Crippen LogP contribution in [0.3, 0.4) is 0 Å². The minimum Gasteiger partial charge on any atom is -0.493 e. The van der Waals surface area contributed by atoms with Crippen molar-refractivity contribution in [1.82, 2.24) is 4.98 Å². The van der Waals surface area contributed by atoms with Gasteiger partial charge in [-0.25, -0.2) is 9.37 Å². The highest BCUT2D eigenvalue weighted by Crippen LogP contribution is 2.54. The van der Waals surface area contributed by atoms with E-state index in [1.807, 2.05) is 0 Å². The van der Waals surface area contributed by atoms with Crippen LogP contribution in [0.2, 0.25) is 0 Å². The van der Waals surface area contributed by atoms with Gasteiger partial charge in [-0.2, -0.15) is 17.6 Å². The number of nitrogens with two attached hydrogens (primary N) is 1. The molecule has 7 nitrogen and oxygen atoms in total. The number of nitrogens with zero attached hydrogens (tertiary/aromatic N) is 1. The van der Waals surface area contributed by atoms with Crippen LogP contribution in [0.15, 0.2) is 30.3 Å². The molecule has 12 heteroatoms. The van der Waals surface area contributed by atoms with Crippen LogP contribution in [-0.2, 0) is 9.53 Å². The number of amides is 2. The number of nitrogens with one attached hydrogen (secondary N) is 1. The summed E-state index contributed by atoms with van der Waals surface area (Å²) < 4.78 is 80.0. The van der Waals surface area contributed by atoms with Crippen molar-refractivity contribution in [2.45, 2.75) is 37.6 Å². The van der Waals surface area contributed by atoms with Crippen molar-refractivity contribution in [1.29, 1.82) is 0 Å². The molecule has 1 fully saturated rings. The fourth-order valence-corrected chi connectivity index (χ4v) is 3.88. The summed E-state index contributed by atoms with van der Waals surface area (Å²) in [5.41, 5.74) is 2.00. The Hall–Kier alpha value is -3.28. The second-order valence-corrected chi connectivity index (χ2v) is 7.70. The molecule has 1 aromatic carbocycles. The number of anilines is 1. The van der Waals surface area contributed by atoms with Crippen LogP contribution in [0.5, 0.6) is 5.75 Å². The predicted molar refractivity (Wildman–Crippen MR) is 106 cm³/mol. The second-order valence-electron chi connectivity index (χ2n) is 7.70. The van der Waals surface area contributed by atoms with Gasteiger partial charge in [-0.1, -0.05) is 19.1 Å². The van der Waals surface area contributed by atoms with Gasteiger partial charge >= 0.3 is 6.18 Å². The summed E-state index contributed by atoms with van der Waals surface area (Å²) in [6, 6.07) is 5.71. The van der Waals surface area contributed by atoms with E-state index in [1.54, 1.807) is 0 Å². The van der Waals surface area contributed by atoms with Crippen LogP contribution in [-0.4, -0.2) is 41.8 Å². The van der Waals surface area contributed by atoms with E-state index in [2.05, 4.69) is 10.3 Å². The maximum Gasteiger partial charge on any atom is 0.417 e. The van der Waals surface area contributed by atoms with E-state index in [-0.39, 0.29) is 17.1 Å². The zero-order valence-corrected chi connectivity index (χ0v) is 17.7. The number of primary amides is 1. The number of pyridine rings is 1. The third-order valence-electron chi connectivity index (χ3n) is 5.82. The number of alkyl halides is 3. The Labute approximate surface area is 185 Å². The van der Waals surface area contributed by atoms with E-state index in [4.69, 9.17) is 15.2 Å². The molecule has 0 radical (unpaired) electrons.